The van der Waals surface area contributed by atoms with E-state index in [1.807, 2.05) is 0 Å². The summed E-state index contributed by atoms with van der Waals surface area (Å²) in [6.45, 7) is 1.51. The second kappa shape index (κ2) is 5.53. The van der Waals surface area contributed by atoms with E-state index >= 15 is 0 Å². The lowest BCUT2D eigenvalue weighted by atomic mass is 10.1. The standard InChI is InChI=1S/C14H12FNO4S/c1-9-6-7-10(14(17)18)8-13(9)21(19,20)16-12-5-3-2-4-11(12)15/h2-8,16H,1H3,(H,17,18)/p-1. The Hall–Kier alpha value is -2.41. The first-order valence-corrected chi connectivity index (χ1v) is 7.39. The van der Waals surface area contributed by atoms with Gasteiger partial charge in [-0.05, 0) is 36.2 Å². The van der Waals surface area contributed by atoms with Crippen molar-refractivity contribution in [3.8, 4) is 0 Å². The van der Waals surface area contributed by atoms with Crippen LogP contribution < -0.4 is 9.83 Å². The topological polar surface area (TPSA) is 86.3 Å². The van der Waals surface area contributed by atoms with Crippen LogP contribution in [0.1, 0.15) is 15.9 Å². The minimum Gasteiger partial charge on any atom is -0.545 e. The molecule has 0 aliphatic rings. The van der Waals surface area contributed by atoms with Crippen molar-refractivity contribution in [1.29, 1.82) is 0 Å². The number of nitrogens with one attached hydrogen (secondary N) is 1. The van der Waals surface area contributed by atoms with Crippen molar-refractivity contribution < 1.29 is 22.7 Å². The van der Waals surface area contributed by atoms with Gasteiger partial charge in [-0.15, -0.1) is 0 Å². The first-order chi connectivity index (χ1) is 9.81. The summed E-state index contributed by atoms with van der Waals surface area (Å²) in [5.41, 5.74) is -0.144. The zero-order valence-electron chi connectivity index (χ0n) is 11.0. The summed E-state index contributed by atoms with van der Waals surface area (Å²) in [4.78, 5) is 10.6. The van der Waals surface area contributed by atoms with E-state index in [4.69, 9.17) is 0 Å². The summed E-state index contributed by atoms with van der Waals surface area (Å²) in [5, 5.41) is 10.8. The van der Waals surface area contributed by atoms with E-state index in [1.54, 1.807) is 0 Å². The van der Waals surface area contributed by atoms with Crippen LogP contribution in [-0.2, 0) is 10.0 Å². The highest BCUT2D eigenvalue weighted by atomic mass is 32.2. The molecule has 0 aromatic heterocycles. The number of hydrogen-bond acceptors (Lipinski definition) is 4. The van der Waals surface area contributed by atoms with E-state index in [9.17, 15) is 22.7 Å². The summed E-state index contributed by atoms with van der Waals surface area (Å²) in [5.74, 6) is -2.22. The normalized spacial score (nSPS) is 11.1. The van der Waals surface area contributed by atoms with Crippen molar-refractivity contribution in [2.24, 2.45) is 0 Å². The number of carbonyl (C=O) groups is 1. The Kier molecular flexibility index (Phi) is 3.95. The molecule has 5 nitrogen and oxygen atoms in total. The van der Waals surface area contributed by atoms with Crippen molar-refractivity contribution >= 4 is 21.7 Å². The number of benzene rings is 2. The van der Waals surface area contributed by atoms with Gasteiger partial charge in [0.2, 0.25) is 0 Å². The zero-order chi connectivity index (χ0) is 15.6. The minimum atomic E-state index is -4.10. The van der Waals surface area contributed by atoms with Gasteiger partial charge in [0, 0.05) is 0 Å². The summed E-state index contributed by atoms with van der Waals surface area (Å²) in [7, 11) is -4.10. The van der Waals surface area contributed by atoms with Crippen LogP contribution in [0.2, 0.25) is 0 Å². The molecular formula is C14H11FNO4S-. The summed E-state index contributed by atoms with van der Waals surface area (Å²) in [6.07, 6.45) is 0. The van der Waals surface area contributed by atoms with E-state index in [2.05, 4.69) is 4.72 Å². The maximum atomic E-state index is 13.5. The number of carbonyl (C=O) groups excluding carboxylic acids is 1. The molecule has 0 fully saturated rings. The van der Waals surface area contributed by atoms with Gasteiger partial charge in [-0.1, -0.05) is 24.3 Å². The van der Waals surface area contributed by atoms with E-state index < -0.39 is 21.8 Å². The number of para-hydroxylation sites is 1. The van der Waals surface area contributed by atoms with Crippen LogP contribution in [-0.4, -0.2) is 14.4 Å². The third kappa shape index (κ3) is 3.19. The molecule has 1 N–H and O–H groups in total. The fraction of sp³-hybridized carbons (Fsp3) is 0.0714. The zero-order valence-corrected chi connectivity index (χ0v) is 11.8. The Morgan fingerprint density at radius 2 is 1.86 bits per heavy atom. The van der Waals surface area contributed by atoms with Gasteiger partial charge in [-0.25, -0.2) is 12.8 Å². The molecule has 0 radical (unpaired) electrons. The fourth-order valence-electron chi connectivity index (χ4n) is 1.76. The molecule has 0 atom stereocenters. The second-order valence-electron chi connectivity index (χ2n) is 4.35. The number of carboxylic acids is 1. The third-order valence-electron chi connectivity index (χ3n) is 2.83. The molecule has 0 bridgehead atoms. The average molecular weight is 308 g/mol. The molecule has 0 heterocycles. The van der Waals surface area contributed by atoms with E-state index in [1.165, 1.54) is 37.3 Å². The van der Waals surface area contributed by atoms with E-state index in [0.717, 1.165) is 12.1 Å². The summed E-state index contributed by atoms with van der Waals surface area (Å²) < 4.78 is 40.1. The van der Waals surface area contributed by atoms with Crippen molar-refractivity contribution in [2.45, 2.75) is 11.8 Å². The van der Waals surface area contributed by atoms with Crippen LogP contribution in [0.3, 0.4) is 0 Å². The molecule has 2 rings (SSSR count). The molecule has 0 amide bonds. The molecule has 2 aromatic carbocycles. The van der Waals surface area contributed by atoms with E-state index in [0.29, 0.717) is 5.56 Å². The molecule has 0 aliphatic heterocycles. The number of hydrogen-bond donors (Lipinski definition) is 1. The number of aryl methyl sites for hydroxylation is 1. The number of carboxylic acid groups (broad SMARTS) is 1. The number of rotatable bonds is 4. The molecule has 110 valence electrons. The molecular weight excluding hydrogens is 297 g/mol. The molecule has 0 saturated heterocycles. The highest BCUT2D eigenvalue weighted by Gasteiger charge is 2.19. The maximum Gasteiger partial charge on any atom is 0.262 e. The van der Waals surface area contributed by atoms with Crippen LogP contribution in [0.5, 0.6) is 0 Å². The lowest BCUT2D eigenvalue weighted by Crippen LogP contribution is -2.23. The molecule has 0 aliphatic carbocycles. The monoisotopic (exact) mass is 308 g/mol. The number of sulfonamides is 1. The first kappa shape index (κ1) is 15.0. The minimum absolute atomic E-state index is 0.212. The Bertz CT molecular complexity index is 802. The fourth-order valence-corrected chi connectivity index (χ4v) is 3.10. The van der Waals surface area contributed by atoms with Gasteiger partial charge in [0.1, 0.15) is 5.82 Å². The Labute approximate surface area is 121 Å². The van der Waals surface area contributed by atoms with Crippen molar-refractivity contribution in [3.05, 3.63) is 59.4 Å². The average Bonchev–Trinajstić information content (AvgIpc) is 2.41. The Morgan fingerprint density at radius 3 is 2.48 bits per heavy atom. The summed E-state index contributed by atoms with van der Waals surface area (Å²) in [6, 6.07) is 8.86. The molecule has 0 saturated carbocycles. The molecule has 0 unspecified atom stereocenters. The summed E-state index contributed by atoms with van der Waals surface area (Å²) >= 11 is 0. The lowest BCUT2D eigenvalue weighted by Gasteiger charge is -2.12. The van der Waals surface area contributed by atoms with Gasteiger partial charge in [-0.3, -0.25) is 4.72 Å². The SMILES string of the molecule is Cc1ccc(C(=O)[O-])cc1S(=O)(=O)Nc1ccccc1F. The number of anilines is 1. The van der Waals surface area contributed by atoms with Crippen LogP contribution >= 0.6 is 0 Å². The predicted molar refractivity (Wildman–Crippen MR) is 72.7 cm³/mol. The van der Waals surface area contributed by atoms with Crippen LogP contribution in [0.25, 0.3) is 0 Å². The van der Waals surface area contributed by atoms with Gasteiger partial charge in [0.05, 0.1) is 16.6 Å². The van der Waals surface area contributed by atoms with Crippen LogP contribution in [0.15, 0.2) is 47.4 Å². The maximum absolute atomic E-state index is 13.5. The molecule has 2 aromatic rings. The van der Waals surface area contributed by atoms with Gasteiger partial charge >= 0.3 is 0 Å². The quantitative estimate of drug-likeness (QED) is 0.922. The smallest absolute Gasteiger partial charge is 0.262 e. The third-order valence-corrected chi connectivity index (χ3v) is 4.34. The van der Waals surface area contributed by atoms with Crippen molar-refractivity contribution in [1.82, 2.24) is 0 Å². The van der Waals surface area contributed by atoms with Crippen LogP contribution in [0.4, 0.5) is 10.1 Å². The number of aromatic carboxylic acids is 1. The van der Waals surface area contributed by atoms with Gasteiger partial charge in [-0.2, -0.15) is 0 Å². The van der Waals surface area contributed by atoms with Gasteiger partial charge in [0.15, 0.2) is 0 Å². The largest absolute Gasteiger partial charge is 0.545 e. The predicted octanol–water partition coefficient (Wildman–Crippen LogP) is 1.30. The number of halogens is 1. The lowest BCUT2D eigenvalue weighted by molar-refractivity contribution is -0.255. The molecule has 0 spiro atoms. The second-order valence-corrected chi connectivity index (χ2v) is 6.00. The Balaban J connectivity index is 2.47. The van der Waals surface area contributed by atoms with Gasteiger partial charge in [0.25, 0.3) is 10.0 Å². The first-order valence-electron chi connectivity index (χ1n) is 5.90. The van der Waals surface area contributed by atoms with Gasteiger partial charge < -0.3 is 9.90 Å². The van der Waals surface area contributed by atoms with Crippen molar-refractivity contribution in [3.63, 3.8) is 0 Å². The molecule has 7 heteroatoms. The van der Waals surface area contributed by atoms with Crippen molar-refractivity contribution in [2.75, 3.05) is 4.72 Å². The van der Waals surface area contributed by atoms with Crippen LogP contribution in [0, 0.1) is 12.7 Å². The highest BCUT2D eigenvalue weighted by Crippen LogP contribution is 2.22. The highest BCUT2D eigenvalue weighted by molar-refractivity contribution is 7.92. The van der Waals surface area contributed by atoms with E-state index in [-0.39, 0.29) is 16.1 Å². The Morgan fingerprint density at radius 1 is 1.19 bits per heavy atom. The molecule has 21 heavy (non-hydrogen) atoms.